The van der Waals surface area contributed by atoms with Crippen LogP contribution in [0.4, 0.5) is 20.2 Å². The van der Waals surface area contributed by atoms with Gasteiger partial charge < -0.3 is 16.4 Å². The van der Waals surface area contributed by atoms with Crippen LogP contribution in [0, 0.1) is 0 Å². The van der Waals surface area contributed by atoms with Gasteiger partial charge in [0.2, 0.25) is 5.91 Å². The van der Waals surface area contributed by atoms with E-state index in [0.29, 0.717) is 5.69 Å². The number of hydrogen-bond acceptors (Lipinski definition) is 3. The average molecular weight is 283 g/mol. The lowest BCUT2D eigenvalue weighted by Gasteiger charge is -2.31. The summed E-state index contributed by atoms with van der Waals surface area (Å²) in [6.07, 6.45) is 1.23. The Hall–Kier alpha value is -1.85. The van der Waals surface area contributed by atoms with Gasteiger partial charge in [-0.05, 0) is 31.0 Å². The van der Waals surface area contributed by atoms with Gasteiger partial charge in [-0.15, -0.1) is 0 Å². The second kappa shape index (κ2) is 6.07. The third kappa shape index (κ3) is 3.18. The number of rotatable bonds is 5. The van der Waals surface area contributed by atoms with Gasteiger partial charge in [0, 0.05) is 23.0 Å². The predicted molar refractivity (Wildman–Crippen MR) is 74.6 cm³/mol. The van der Waals surface area contributed by atoms with Crippen LogP contribution >= 0.6 is 0 Å². The van der Waals surface area contributed by atoms with Gasteiger partial charge in [0.05, 0.1) is 6.54 Å². The summed E-state index contributed by atoms with van der Waals surface area (Å²) in [7, 11) is 0. The standard InChI is InChI=1S/C14H19F2N3O/c15-14(16)11-7-9(17)5-6-12(11)19(8-13(18)20)10-3-1-2-4-10/h5-7,10,14H,1-4,8,17H2,(H2,18,20). The minimum Gasteiger partial charge on any atom is -0.399 e. The van der Waals surface area contributed by atoms with Gasteiger partial charge >= 0.3 is 0 Å². The number of benzene rings is 1. The molecule has 0 spiro atoms. The number of nitrogens with zero attached hydrogens (tertiary/aromatic N) is 1. The number of hydrogen-bond donors (Lipinski definition) is 2. The van der Waals surface area contributed by atoms with E-state index in [9.17, 15) is 13.6 Å². The Balaban J connectivity index is 2.39. The summed E-state index contributed by atoms with van der Waals surface area (Å²) in [5.74, 6) is -0.519. The highest BCUT2D eigenvalue weighted by molar-refractivity contribution is 5.80. The molecule has 6 heteroatoms. The van der Waals surface area contributed by atoms with E-state index in [1.165, 1.54) is 6.07 Å². The summed E-state index contributed by atoms with van der Waals surface area (Å²) < 4.78 is 26.4. The quantitative estimate of drug-likeness (QED) is 0.815. The number of halogens is 2. The predicted octanol–water partition coefficient (Wildman–Crippen LogP) is 2.44. The first-order chi connectivity index (χ1) is 9.49. The van der Waals surface area contributed by atoms with E-state index in [1.807, 2.05) is 0 Å². The second-order valence-corrected chi connectivity index (χ2v) is 5.15. The van der Waals surface area contributed by atoms with Crippen LogP contribution in [0.1, 0.15) is 37.7 Å². The van der Waals surface area contributed by atoms with Gasteiger partial charge in [0.25, 0.3) is 6.43 Å². The zero-order valence-electron chi connectivity index (χ0n) is 11.2. The molecule has 0 aromatic heterocycles. The van der Waals surface area contributed by atoms with Crippen molar-refractivity contribution in [3.63, 3.8) is 0 Å². The second-order valence-electron chi connectivity index (χ2n) is 5.15. The minimum absolute atomic E-state index is 0.0473. The van der Waals surface area contributed by atoms with Crippen LogP contribution in [0.15, 0.2) is 18.2 Å². The number of nitrogen functional groups attached to an aromatic ring is 1. The maximum Gasteiger partial charge on any atom is 0.265 e. The largest absolute Gasteiger partial charge is 0.399 e. The van der Waals surface area contributed by atoms with Crippen molar-refractivity contribution in [3.05, 3.63) is 23.8 Å². The highest BCUT2D eigenvalue weighted by atomic mass is 19.3. The van der Waals surface area contributed by atoms with Crippen LogP contribution in [0.25, 0.3) is 0 Å². The molecule has 0 aliphatic heterocycles. The van der Waals surface area contributed by atoms with Crippen molar-refractivity contribution in [2.75, 3.05) is 17.2 Å². The summed E-state index contributed by atoms with van der Waals surface area (Å²) in [5.41, 5.74) is 11.3. The molecule has 0 radical (unpaired) electrons. The number of primary amides is 1. The van der Waals surface area contributed by atoms with Gasteiger partial charge in [0.15, 0.2) is 0 Å². The summed E-state index contributed by atoms with van der Waals surface area (Å²) in [5, 5.41) is 0. The highest BCUT2D eigenvalue weighted by Crippen LogP contribution is 2.35. The smallest absolute Gasteiger partial charge is 0.265 e. The molecule has 0 unspecified atom stereocenters. The van der Waals surface area contributed by atoms with E-state index in [0.717, 1.165) is 25.7 Å². The topological polar surface area (TPSA) is 72.4 Å². The molecule has 0 heterocycles. The molecule has 2 rings (SSSR count). The molecule has 110 valence electrons. The molecule has 20 heavy (non-hydrogen) atoms. The molecule has 0 atom stereocenters. The monoisotopic (exact) mass is 283 g/mol. The summed E-state index contributed by atoms with van der Waals surface area (Å²) in [4.78, 5) is 13.0. The third-order valence-corrected chi connectivity index (χ3v) is 3.69. The zero-order chi connectivity index (χ0) is 14.7. The van der Waals surface area contributed by atoms with Gasteiger partial charge in [-0.3, -0.25) is 4.79 Å². The van der Waals surface area contributed by atoms with Crippen LogP contribution in [0.5, 0.6) is 0 Å². The van der Waals surface area contributed by atoms with Crippen molar-refractivity contribution in [2.24, 2.45) is 5.73 Å². The zero-order valence-corrected chi connectivity index (χ0v) is 11.2. The first-order valence-corrected chi connectivity index (χ1v) is 6.71. The Morgan fingerprint density at radius 1 is 1.35 bits per heavy atom. The number of anilines is 2. The number of alkyl halides is 2. The molecule has 0 bridgehead atoms. The first-order valence-electron chi connectivity index (χ1n) is 6.71. The minimum atomic E-state index is -2.63. The van der Waals surface area contributed by atoms with Crippen LogP contribution in [-0.2, 0) is 4.79 Å². The Labute approximate surface area is 116 Å². The fourth-order valence-corrected chi connectivity index (χ4v) is 2.80. The SMILES string of the molecule is NC(=O)CN(c1ccc(N)cc1C(F)F)C1CCCC1. The molecule has 4 nitrogen and oxygen atoms in total. The van der Waals surface area contributed by atoms with Crippen LogP contribution in [-0.4, -0.2) is 18.5 Å². The molecule has 1 saturated carbocycles. The van der Waals surface area contributed by atoms with Gasteiger partial charge in [-0.2, -0.15) is 0 Å². The molecule has 1 fully saturated rings. The van der Waals surface area contributed by atoms with Crippen LogP contribution < -0.4 is 16.4 Å². The molecular formula is C14H19F2N3O. The Kier molecular flexibility index (Phi) is 4.42. The maximum atomic E-state index is 13.2. The van der Waals surface area contributed by atoms with Crippen molar-refractivity contribution in [1.29, 1.82) is 0 Å². The van der Waals surface area contributed by atoms with Gasteiger partial charge in [0.1, 0.15) is 0 Å². The fraction of sp³-hybridized carbons (Fsp3) is 0.500. The number of nitrogens with two attached hydrogens (primary N) is 2. The molecule has 1 amide bonds. The first kappa shape index (κ1) is 14.6. The van der Waals surface area contributed by atoms with E-state index in [4.69, 9.17) is 11.5 Å². The normalized spacial score (nSPS) is 15.8. The average Bonchev–Trinajstić information content (AvgIpc) is 2.89. The van der Waals surface area contributed by atoms with E-state index >= 15 is 0 Å². The number of amides is 1. The van der Waals surface area contributed by atoms with Crippen molar-refractivity contribution in [2.45, 2.75) is 38.2 Å². The number of carbonyl (C=O) groups is 1. The lowest BCUT2D eigenvalue weighted by molar-refractivity contribution is -0.116. The fourth-order valence-electron chi connectivity index (χ4n) is 2.80. The summed E-state index contributed by atoms with van der Waals surface area (Å²) in [6.45, 7) is -0.0473. The Bertz CT molecular complexity index is 487. The highest BCUT2D eigenvalue weighted by Gasteiger charge is 2.27. The van der Waals surface area contributed by atoms with Gasteiger partial charge in [-0.25, -0.2) is 8.78 Å². The Morgan fingerprint density at radius 3 is 2.55 bits per heavy atom. The van der Waals surface area contributed by atoms with E-state index in [1.54, 1.807) is 17.0 Å². The van der Waals surface area contributed by atoms with E-state index < -0.39 is 12.3 Å². The molecule has 1 aromatic carbocycles. The summed E-state index contributed by atoms with van der Waals surface area (Å²) in [6, 6.07) is 4.48. The lowest BCUT2D eigenvalue weighted by atomic mass is 10.1. The molecule has 4 N–H and O–H groups in total. The van der Waals surface area contributed by atoms with Crippen molar-refractivity contribution in [1.82, 2.24) is 0 Å². The lowest BCUT2D eigenvalue weighted by Crippen LogP contribution is -2.40. The Morgan fingerprint density at radius 2 is 2.00 bits per heavy atom. The van der Waals surface area contributed by atoms with Crippen LogP contribution in [0.2, 0.25) is 0 Å². The molecule has 1 aliphatic rings. The molecule has 1 aliphatic carbocycles. The van der Waals surface area contributed by atoms with Crippen LogP contribution in [0.3, 0.4) is 0 Å². The van der Waals surface area contributed by atoms with E-state index in [2.05, 4.69) is 0 Å². The van der Waals surface area contributed by atoms with Crippen molar-refractivity contribution < 1.29 is 13.6 Å². The van der Waals surface area contributed by atoms with Gasteiger partial charge in [-0.1, -0.05) is 12.8 Å². The molecular weight excluding hydrogens is 264 g/mol. The van der Waals surface area contributed by atoms with Crippen molar-refractivity contribution >= 4 is 17.3 Å². The third-order valence-electron chi connectivity index (χ3n) is 3.69. The summed E-state index contributed by atoms with van der Waals surface area (Å²) >= 11 is 0. The van der Waals surface area contributed by atoms with Crippen molar-refractivity contribution in [3.8, 4) is 0 Å². The molecule has 1 aromatic rings. The maximum absolute atomic E-state index is 13.2. The molecule has 0 saturated heterocycles. The number of carbonyl (C=O) groups excluding carboxylic acids is 1. The van der Waals surface area contributed by atoms with E-state index in [-0.39, 0.29) is 23.8 Å².